The number of esters is 1. The molecule has 1 saturated carbocycles. The van der Waals surface area contributed by atoms with E-state index >= 15 is 0 Å². The monoisotopic (exact) mass is 446 g/mol. The van der Waals surface area contributed by atoms with Gasteiger partial charge < -0.3 is 15.2 Å². The number of hydrogen-bond donors (Lipinski definition) is 1. The number of aromatic nitrogens is 3. The van der Waals surface area contributed by atoms with E-state index in [1.165, 1.54) is 0 Å². The predicted molar refractivity (Wildman–Crippen MR) is 125 cm³/mol. The van der Waals surface area contributed by atoms with Gasteiger partial charge in [-0.25, -0.2) is 9.78 Å². The molecule has 0 aromatic carbocycles. The summed E-state index contributed by atoms with van der Waals surface area (Å²) in [5, 5.41) is 1.90. The quantitative estimate of drug-likeness (QED) is 0.567. The van der Waals surface area contributed by atoms with Crippen molar-refractivity contribution < 1.29 is 14.3 Å². The average molecular weight is 447 g/mol. The summed E-state index contributed by atoms with van der Waals surface area (Å²) in [7, 11) is 0. The Bertz CT molecular complexity index is 1250. The maximum absolute atomic E-state index is 12.2. The molecule has 0 unspecified atom stereocenters. The molecule has 7 nitrogen and oxygen atoms in total. The van der Waals surface area contributed by atoms with E-state index in [9.17, 15) is 4.79 Å². The number of nitrogens with zero attached hydrogens (tertiary/aromatic N) is 3. The lowest BCUT2D eigenvalue weighted by Gasteiger charge is -2.30. The third kappa shape index (κ3) is 4.06. The fraction of sp³-hybridized carbons (Fsp3) is 0.462. The molecule has 4 heterocycles. The van der Waals surface area contributed by atoms with E-state index in [0.29, 0.717) is 24.5 Å². The average Bonchev–Trinajstić information content (AvgIpc) is 3.61. The number of rotatable bonds is 6. The third-order valence-electron chi connectivity index (χ3n) is 6.68. The lowest BCUT2D eigenvalue weighted by Crippen LogP contribution is -2.35. The minimum Gasteiger partial charge on any atom is -0.474 e. The van der Waals surface area contributed by atoms with Crippen molar-refractivity contribution in [3.8, 4) is 5.88 Å². The fourth-order valence-electron chi connectivity index (χ4n) is 4.19. The van der Waals surface area contributed by atoms with E-state index in [0.717, 1.165) is 52.7 Å². The van der Waals surface area contributed by atoms with Crippen LogP contribution in [0.15, 0.2) is 30.6 Å². The van der Waals surface area contributed by atoms with Crippen molar-refractivity contribution in [3.05, 3.63) is 58.8 Å². The van der Waals surface area contributed by atoms with Crippen molar-refractivity contribution in [2.24, 2.45) is 5.73 Å². The number of pyridine rings is 3. The molecule has 3 aromatic heterocycles. The van der Waals surface area contributed by atoms with Crippen LogP contribution in [-0.4, -0.2) is 33.6 Å². The van der Waals surface area contributed by atoms with Gasteiger partial charge in [-0.05, 0) is 55.3 Å². The number of carbonyl (C=O) groups is 1. The smallest absolute Gasteiger partial charge is 0.340 e. The van der Waals surface area contributed by atoms with Gasteiger partial charge in [0.1, 0.15) is 12.7 Å². The summed E-state index contributed by atoms with van der Waals surface area (Å²) in [6, 6.07) is 5.77. The van der Waals surface area contributed by atoms with Crippen LogP contribution in [0.3, 0.4) is 0 Å². The van der Waals surface area contributed by atoms with E-state index in [1.54, 1.807) is 0 Å². The van der Waals surface area contributed by atoms with Gasteiger partial charge in [-0.3, -0.25) is 9.97 Å². The van der Waals surface area contributed by atoms with Gasteiger partial charge in [0.15, 0.2) is 0 Å². The molecule has 5 rings (SSSR count). The number of fused-ring (bicyclic) bond motifs is 2. The van der Waals surface area contributed by atoms with Crippen LogP contribution < -0.4 is 10.5 Å². The second kappa shape index (κ2) is 7.76. The van der Waals surface area contributed by atoms with E-state index < -0.39 is 5.54 Å². The highest BCUT2D eigenvalue weighted by molar-refractivity contribution is 5.92. The molecule has 33 heavy (non-hydrogen) atoms. The summed E-state index contributed by atoms with van der Waals surface area (Å²) in [6.07, 6.45) is 7.38. The minimum atomic E-state index is -0.517. The van der Waals surface area contributed by atoms with Crippen LogP contribution in [0.2, 0.25) is 0 Å². The lowest BCUT2D eigenvalue weighted by molar-refractivity contribution is 0.0366. The molecule has 1 fully saturated rings. The van der Waals surface area contributed by atoms with Gasteiger partial charge in [0.2, 0.25) is 5.88 Å². The zero-order chi connectivity index (χ0) is 23.4. The van der Waals surface area contributed by atoms with E-state index in [1.807, 2.05) is 45.3 Å². The molecule has 1 aliphatic carbocycles. The molecule has 1 atom stereocenters. The van der Waals surface area contributed by atoms with Crippen molar-refractivity contribution in [1.82, 2.24) is 15.0 Å². The van der Waals surface area contributed by atoms with Crippen LogP contribution in [0.25, 0.3) is 10.8 Å². The van der Waals surface area contributed by atoms with Crippen LogP contribution in [0.4, 0.5) is 0 Å². The topological polar surface area (TPSA) is 100 Å². The molecular formula is C26H30N4O3. The van der Waals surface area contributed by atoms with E-state index in [4.69, 9.17) is 25.2 Å². The van der Waals surface area contributed by atoms with Gasteiger partial charge in [0, 0.05) is 41.2 Å². The summed E-state index contributed by atoms with van der Waals surface area (Å²) in [4.78, 5) is 26.3. The first kappa shape index (κ1) is 21.8. The third-order valence-corrected chi connectivity index (χ3v) is 6.68. The standard InChI is InChI=1S/C26H30N4O3/c1-5-26(4,27)21-13-29-23(33-17-7-8-17)20-12-28-16(11-19(20)21)10-15-6-9-18-22(30-15)25(2,3)14-32-24(18)31/h6,9,11-13,17H,5,7-8,10,14,27H2,1-4H3/t26-/m0/s1. The van der Waals surface area contributed by atoms with Gasteiger partial charge in [0.25, 0.3) is 0 Å². The molecule has 172 valence electrons. The summed E-state index contributed by atoms with van der Waals surface area (Å²) < 4.78 is 11.3. The molecule has 1 aliphatic heterocycles. The highest BCUT2D eigenvalue weighted by atomic mass is 16.5. The second-order valence-corrected chi connectivity index (χ2v) is 10.1. The Kier molecular flexibility index (Phi) is 5.12. The molecule has 7 heteroatoms. The van der Waals surface area contributed by atoms with Crippen molar-refractivity contribution >= 4 is 16.7 Å². The molecule has 0 spiro atoms. The number of carbonyl (C=O) groups excluding carboxylic acids is 1. The number of hydrogen-bond acceptors (Lipinski definition) is 7. The molecule has 0 amide bonds. The van der Waals surface area contributed by atoms with Crippen molar-refractivity contribution in [2.45, 2.75) is 70.4 Å². The Labute approximate surface area is 193 Å². The number of nitrogens with two attached hydrogens (primary N) is 1. The second-order valence-electron chi connectivity index (χ2n) is 10.1. The Hall–Kier alpha value is -3.06. The van der Waals surface area contributed by atoms with E-state index in [-0.39, 0.29) is 17.5 Å². The first-order chi connectivity index (χ1) is 15.7. The first-order valence-electron chi connectivity index (χ1n) is 11.6. The first-order valence-corrected chi connectivity index (χ1v) is 11.6. The van der Waals surface area contributed by atoms with Crippen molar-refractivity contribution in [2.75, 3.05) is 6.61 Å². The molecule has 2 N–H and O–H groups in total. The molecule has 0 bridgehead atoms. The molecular weight excluding hydrogens is 416 g/mol. The Morgan fingerprint density at radius 1 is 1.18 bits per heavy atom. The number of ether oxygens (including phenoxy) is 2. The SMILES string of the molecule is CC[C@](C)(N)c1cnc(OC2CC2)c2cnc(Cc3ccc4c(n3)C(C)(C)COC4=O)cc12. The highest BCUT2D eigenvalue weighted by Gasteiger charge is 2.35. The summed E-state index contributed by atoms with van der Waals surface area (Å²) in [5.74, 6) is 0.309. The van der Waals surface area contributed by atoms with E-state index in [2.05, 4.69) is 18.0 Å². The summed E-state index contributed by atoms with van der Waals surface area (Å²) >= 11 is 0. The highest BCUT2D eigenvalue weighted by Crippen LogP contribution is 2.36. The van der Waals surface area contributed by atoms with Crippen LogP contribution in [0, 0.1) is 0 Å². The minimum absolute atomic E-state index is 0.247. The van der Waals surface area contributed by atoms with Crippen molar-refractivity contribution in [3.63, 3.8) is 0 Å². The maximum Gasteiger partial charge on any atom is 0.340 e. The van der Waals surface area contributed by atoms with Gasteiger partial charge >= 0.3 is 5.97 Å². The van der Waals surface area contributed by atoms with Gasteiger partial charge in [-0.2, -0.15) is 0 Å². The van der Waals surface area contributed by atoms with Gasteiger partial charge in [-0.15, -0.1) is 0 Å². The summed E-state index contributed by atoms with van der Waals surface area (Å²) in [5.41, 5.74) is 9.83. The Morgan fingerprint density at radius 2 is 1.97 bits per heavy atom. The van der Waals surface area contributed by atoms with Crippen LogP contribution in [0.1, 0.15) is 80.0 Å². The lowest BCUT2D eigenvalue weighted by atomic mass is 9.84. The van der Waals surface area contributed by atoms with Crippen molar-refractivity contribution in [1.29, 1.82) is 0 Å². The predicted octanol–water partition coefficient (Wildman–Crippen LogP) is 4.19. The Balaban J connectivity index is 1.55. The largest absolute Gasteiger partial charge is 0.474 e. The van der Waals surface area contributed by atoms with Crippen LogP contribution in [-0.2, 0) is 22.1 Å². The van der Waals surface area contributed by atoms with Gasteiger partial charge in [-0.1, -0.05) is 20.8 Å². The fourth-order valence-corrected chi connectivity index (χ4v) is 4.19. The van der Waals surface area contributed by atoms with Crippen LogP contribution >= 0.6 is 0 Å². The molecule has 2 aliphatic rings. The van der Waals surface area contributed by atoms with Crippen LogP contribution in [0.5, 0.6) is 5.88 Å². The summed E-state index contributed by atoms with van der Waals surface area (Å²) in [6.45, 7) is 8.51. The molecule has 0 radical (unpaired) electrons. The normalized spacial score (nSPS) is 19.0. The number of cyclic esters (lactones) is 1. The van der Waals surface area contributed by atoms with Gasteiger partial charge in [0.05, 0.1) is 16.6 Å². The Morgan fingerprint density at radius 3 is 2.70 bits per heavy atom. The molecule has 0 saturated heterocycles. The molecule has 3 aromatic rings. The zero-order valence-electron chi connectivity index (χ0n) is 19.6. The zero-order valence-corrected chi connectivity index (χ0v) is 19.6. The maximum atomic E-state index is 12.2.